The third kappa shape index (κ3) is 38.4. The molecule has 49 heteroatoms. The zero-order chi connectivity index (χ0) is 110. The van der Waals surface area contributed by atoms with Gasteiger partial charge in [0.05, 0.1) is 83.3 Å². The lowest BCUT2D eigenvalue weighted by molar-refractivity contribution is -0.398. The number of carboxylic acids is 1. The topological polar surface area (TPSA) is 767 Å². The van der Waals surface area contributed by atoms with E-state index in [1.807, 2.05) is 6.08 Å². The van der Waals surface area contributed by atoms with Crippen molar-refractivity contribution >= 4 is 29.6 Å². The Hall–Kier alpha value is -4.47. The first kappa shape index (κ1) is 131. The van der Waals surface area contributed by atoms with E-state index in [4.69, 9.17) is 75.8 Å². The van der Waals surface area contributed by atoms with E-state index in [1.165, 1.54) is 155 Å². The summed E-state index contributed by atoms with van der Waals surface area (Å²) >= 11 is 0. The number of carbonyl (C=O) groups excluding carboxylic acids is 4. The normalized spacial score (nSPS) is 37.4. The summed E-state index contributed by atoms with van der Waals surface area (Å²) in [6.45, 7) is -0.168. The highest BCUT2D eigenvalue weighted by molar-refractivity contribution is 5.77. The van der Waals surface area contributed by atoms with Crippen LogP contribution in [0.4, 0.5) is 0 Å². The number of carboxylic acid groups (broad SMARTS) is 1. The van der Waals surface area contributed by atoms with Crippen molar-refractivity contribution in [1.82, 2.24) is 21.3 Å². The Bertz CT molecular complexity index is 3780. The average Bonchev–Trinajstić information content (AvgIpc) is 0.743. The summed E-state index contributed by atoms with van der Waals surface area (Å²) in [5, 5.41) is 283. The summed E-state index contributed by atoms with van der Waals surface area (Å²) in [5.41, 5.74) is 0. The van der Waals surface area contributed by atoms with Crippen LogP contribution in [-0.4, -0.2) is 468 Å². The maximum absolute atomic E-state index is 13.8. The Morgan fingerprint density at radius 3 is 1.13 bits per heavy atom. The molecule has 8 aliphatic heterocycles. The van der Waals surface area contributed by atoms with Crippen LogP contribution in [0, 0.1) is 0 Å². The molecule has 150 heavy (non-hydrogen) atoms. The van der Waals surface area contributed by atoms with Gasteiger partial charge in [0.1, 0.15) is 183 Å². The van der Waals surface area contributed by atoms with Crippen molar-refractivity contribution < 1.29 is 222 Å². The number of nitrogens with one attached hydrogen (secondary N) is 4. The zero-order valence-corrected chi connectivity index (χ0v) is 87.5. The van der Waals surface area contributed by atoms with Crippen molar-refractivity contribution in [3.63, 3.8) is 0 Å². The van der Waals surface area contributed by atoms with Gasteiger partial charge >= 0.3 is 5.97 Å². The molecule has 0 aromatic carbocycles. The predicted octanol–water partition coefficient (Wildman–Crippen LogP) is -3.28. The van der Waals surface area contributed by atoms with Crippen LogP contribution in [0.3, 0.4) is 0 Å². The Morgan fingerprint density at radius 1 is 0.360 bits per heavy atom. The molecule has 28 N–H and O–H groups in total. The third-order valence-electron chi connectivity index (χ3n) is 29.3. The molecule has 8 heterocycles. The second-order valence-corrected chi connectivity index (χ2v) is 41.2. The number of unbranched alkanes of at least 4 members (excludes halogenated alkanes) is 33. The molecule has 8 rings (SSSR count). The highest BCUT2D eigenvalue weighted by atomic mass is 16.8. The standard InChI is InChI=1S/C101H180N4O45/c1-7-9-11-13-15-17-19-21-22-23-24-25-26-27-28-29-30-32-34-36-38-40-42-44-68(119)105-58(59(116)43-41-39-37-35-33-31-20-18-16-14-12-10-8-2)53-135-95-81(129)79(127)86(66(51-111)142-95)144-97-82(130)91(75(123)62(47-107)137-97)148-94-71(104-57(6)115)89(146-96-80(128)78(126)72(120)54(3)136-96)87(67(52-112)141-94)145-98-83(131)90(74(122)63(48-108)138-98)147-93-70(103-56(5)114)77(125)85(65(50-110)140-93)143-99-84(132)92(76(124)64(49-109)139-99)150-101(100(133)134)45-60(117)69(102-55(4)113)88(149-101)73(121)61(118)46-106/h41,43,54,58-67,69-99,106-112,116-118,120-132H,7-40,42,44-53H2,1-6H3,(H,102,113)(H,103,114)(H,104,115)(H,105,119)(H,133,134)/b43-41+/t54?,58-,59+,60?,61+,62?,63?,64?,65?,66?,67?,69+,70?,71?,72+,73+,74-,75-,76-,77+,78?,79+,80-,81?,82?,83?,84?,85+,86+,87+,88?,89+,90-,91-,92-,93-,94-,95+,96+,97-,98-,99-,101-/m0/s1. The first-order valence-corrected chi connectivity index (χ1v) is 54.5. The molecule has 0 radical (unpaired) electrons. The van der Waals surface area contributed by atoms with E-state index >= 15 is 0 Å². The first-order valence-electron chi connectivity index (χ1n) is 54.5. The lowest BCUT2D eigenvalue weighted by Gasteiger charge is -2.52. The van der Waals surface area contributed by atoms with Gasteiger partial charge < -0.3 is 220 Å². The van der Waals surface area contributed by atoms with Gasteiger partial charge in [-0.1, -0.05) is 231 Å². The van der Waals surface area contributed by atoms with Gasteiger partial charge in [-0.3, -0.25) is 19.2 Å². The largest absolute Gasteiger partial charge is 0.477 e. The van der Waals surface area contributed by atoms with Gasteiger partial charge in [-0.05, 0) is 26.2 Å². The number of hydrogen-bond acceptors (Lipinski definition) is 44. The van der Waals surface area contributed by atoms with Gasteiger partial charge in [0.25, 0.3) is 5.79 Å². The minimum Gasteiger partial charge on any atom is -0.477 e. The summed E-state index contributed by atoms with van der Waals surface area (Å²) in [6, 6.07) is -6.92. The Morgan fingerprint density at radius 2 is 0.707 bits per heavy atom. The Kier molecular flexibility index (Phi) is 59.1. The van der Waals surface area contributed by atoms with Crippen LogP contribution in [0.2, 0.25) is 0 Å². The van der Waals surface area contributed by atoms with Crippen molar-refractivity contribution in [3.05, 3.63) is 12.2 Å². The molecule has 8 aliphatic rings. The summed E-state index contributed by atoms with van der Waals surface area (Å²) in [7, 11) is 0. The van der Waals surface area contributed by atoms with E-state index in [2.05, 4.69) is 35.1 Å². The molecule has 874 valence electrons. The summed E-state index contributed by atoms with van der Waals surface area (Å²) in [4.78, 5) is 66.2. The number of allylic oxidation sites excluding steroid dienone is 1. The number of hydrogen-bond donors (Lipinski definition) is 28. The van der Waals surface area contributed by atoms with Crippen LogP contribution in [0.15, 0.2) is 12.2 Å². The van der Waals surface area contributed by atoms with E-state index in [9.17, 15) is 147 Å². The SMILES string of the molecule is CCCCCCCCCCCCC/C=C/[C@@H](O)[C@H](CO[C@@H]1OC(CO)[C@@H](O[C@@H]2OC(CO)[C@H](O)[C@H](O[C@@H]3OC(CO)[C@@H](O[C@@H]4OC(CO)[C@H](O)[C@H](O[C@@H]5OC(CO)[C@@H](O[C@@H]6OC(CO)[C@H](O)[C@H](O[C@]7(C(=O)O)CC(O)[C@@H](NC(C)=O)C([C@H](O)[C@H](O)CO)O7)C6O)[C@H](O)C5NC(C)=O)C4O)[C@H](O[C@H]4OC(C)[C@@H](O)C(O)[C@@H]4O)C3NC(C)=O)C2O)[C@H](O)C1O)NC(=O)CCCCCCCCCCCCCCCCCCCCCCCCC. The van der Waals surface area contributed by atoms with Gasteiger partial charge in [0.15, 0.2) is 44.0 Å². The number of amides is 4. The van der Waals surface area contributed by atoms with E-state index in [1.54, 1.807) is 6.08 Å². The smallest absolute Gasteiger partial charge is 0.364 e. The maximum atomic E-state index is 13.8. The van der Waals surface area contributed by atoms with E-state index in [0.29, 0.717) is 12.8 Å². The van der Waals surface area contributed by atoms with E-state index in [0.717, 1.165) is 85.0 Å². The fraction of sp³-hybridized carbons (Fsp3) is 0.931. The molecule has 43 atom stereocenters. The minimum atomic E-state index is -3.28. The number of aliphatic carboxylic acids is 1. The average molecular weight is 2170 g/mol. The molecule has 0 aromatic heterocycles. The Labute approximate surface area is 876 Å². The Balaban J connectivity index is 0.952. The summed E-state index contributed by atoms with van der Waals surface area (Å²) in [5.74, 6) is -8.63. The predicted molar refractivity (Wildman–Crippen MR) is 523 cm³/mol. The highest BCUT2D eigenvalue weighted by Crippen LogP contribution is 2.43. The molecular weight excluding hydrogens is 1990 g/mol. The molecule has 0 aromatic rings. The second-order valence-electron chi connectivity index (χ2n) is 41.2. The molecule has 49 nitrogen and oxygen atoms in total. The summed E-state index contributed by atoms with van der Waals surface area (Å²) < 4.78 is 96.8. The molecule has 0 saturated carbocycles. The van der Waals surface area contributed by atoms with Gasteiger partial charge in [-0.2, -0.15) is 0 Å². The van der Waals surface area contributed by atoms with Gasteiger partial charge in [-0.15, -0.1) is 0 Å². The number of carbonyl (C=O) groups is 5. The van der Waals surface area contributed by atoms with Crippen LogP contribution in [0.5, 0.6) is 0 Å². The number of rotatable bonds is 69. The lowest BCUT2D eigenvalue weighted by atomic mass is 9.88. The van der Waals surface area contributed by atoms with Gasteiger partial charge in [0.2, 0.25) is 23.6 Å². The number of aliphatic hydroxyl groups is 23. The van der Waals surface area contributed by atoms with Crippen LogP contribution in [-0.2, 0) is 99.8 Å². The van der Waals surface area contributed by atoms with E-state index < -0.39 is 346 Å². The first-order chi connectivity index (χ1) is 71.8. The highest BCUT2D eigenvalue weighted by Gasteiger charge is 2.64. The van der Waals surface area contributed by atoms with Gasteiger partial charge in [-0.25, -0.2) is 4.79 Å². The van der Waals surface area contributed by atoms with Gasteiger partial charge in [0, 0.05) is 33.6 Å². The maximum Gasteiger partial charge on any atom is 0.364 e. The zero-order valence-electron chi connectivity index (χ0n) is 87.5. The lowest BCUT2D eigenvalue weighted by Crippen LogP contribution is -2.72. The fourth-order valence-electron chi connectivity index (χ4n) is 20.5. The molecule has 0 bridgehead atoms. The number of aliphatic hydroxyl groups excluding tert-OH is 23. The van der Waals surface area contributed by atoms with Crippen molar-refractivity contribution in [3.8, 4) is 0 Å². The van der Waals surface area contributed by atoms with E-state index in [-0.39, 0.29) is 12.3 Å². The molecular formula is C101H180N4O45. The molecule has 4 amide bonds. The molecule has 8 saturated heterocycles. The van der Waals surface area contributed by atoms with Crippen LogP contribution >= 0.6 is 0 Å². The van der Waals surface area contributed by atoms with Crippen molar-refractivity contribution in [2.24, 2.45) is 0 Å². The monoisotopic (exact) mass is 2170 g/mol. The third-order valence-corrected chi connectivity index (χ3v) is 29.3. The molecule has 8 fully saturated rings. The minimum absolute atomic E-state index is 0.131. The number of ether oxygens (including phenoxy) is 16. The molecule has 0 spiro atoms. The summed E-state index contributed by atoms with van der Waals surface area (Å²) in [6.07, 6.45) is -36.4. The quantitative estimate of drug-likeness (QED) is 0.0210. The fourth-order valence-corrected chi connectivity index (χ4v) is 20.5. The molecule has 16 unspecified atom stereocenters. The van der Waals surface area contributed by atoms with Crippen molar-refractivity contribution in [1.29, 1.82) is 0 Å². The van der Waals surface area contributed by atoms with Crippen LogP contribution in [0.1, 0.15) is 279 Å². The van der Waals surface area contributed by atoms with Crippen LogP contribution < -0.4 is 21.3 Å². The van der Waals surface area contributed by atoms with Crippen molar-refractivity contribution in [2.45, 2.75) is 542 Å². The van der Waals surface area contributed by atoms with Crippen molar-refractivity contribution in [2.75, 3.05) is 52.9 Å². The second kappa shape index (κ2) is 67.8. The molecule has 0 aliphatic carbocycles. The van der Waals surface area contributed by atoms with Crippen LogP contribution in [0.25, 0.3) is 0 Å².